The number of aryl methyl sites for hydroxylation is 3. The van der Waals surface area contributed by atoms with Crippen LogP contribution in [0.5, 0.6) is 28.7 Å². The number of anilines is 3. The third kappa shape index (κ3) is 4.05. The Morgan fingerprint density at radius 2 is 1.16 bits per heavy atom. The molecule has 0 aliphatic heterocycles. The van der Waals surface area contributed by atoms with E-state index < -0.39 is 0 Å². The fourth-order valence-corrected chi connectivity index (χ4v) is 3.60. The van der Waals surface area contributed by atoms with E-state index in [1.54, 1.807) is 54.3 Å². The summed E-state index contributed by atoms with van der Waals surface area (Å²) in [5, 5.41) is 32.0. The first-order valence-electron chi connectivity index (χ1n) is 10.3. The molecule has 5 nitrogen and oxygen atoms in total. The van der Waals surface area contributed by atoms with Gasteiger partial charge in [-0.15, -0.1) is 0 Å². The van der Waals surface area contributed by atoms with Gasteiger partial charge < -0.3 is 20.1 Å². The molecule has 0 saturated heterocycles. The molecule has 4 aromatic rings. The Labute approximate surface area is 187 Å². The van der Waals surface area contributed by atoms with Crippen LogP contribution >= 0.6 is 0 Å². The molecule has 0 radical (unpaired) electrons. The van der Waals surface area contributed by atoms with E-state index in [2.05, 4.69) is 0 Å². The molecule has 0 aliphatic rings. The van der Waals surface area contributed by atoms with E-state index >= 15 is 0 Å². The van der Waals surface area contributed by atoms with Crippen molar-refractivity contribution in [1.82, 2.24) is 0 Å². The zero-order chi connectivity index (χ0) is 22.8. The van der Waals surface area contributed by atoms with Gasteiger partial charge in [-0.3, -0.25) is 4.90 Å². The molecular formula is C27H25NO4. The summed E-state index contributed by atoms with van der Waals surface area (Å²) in [6, 6.07) is 23.3. The molecule has 0 unspecified atom stereocenters. The Morgan fingerprint density at radius 3 is 1.75 bits per heavy atom. The van der Waals surface area contributed by atoms with Gasteiger partial charge in [0, 0.05) is 0 Å². The summed E-state index contributed by atoms with van der Waals surface area (Å²) in [4.78, 5) is 1.74. The van der Waals surface area contributed by atoms with E-state index in [1.165, 1.54) is 0 Å². The van der Waals surface area contributed by atoms with Crippen molar-refractivity contribution in [3.63, 3.8) is 0 Å². The molecule has 4 aromatic carbocycles. The second-order valence-corrected chi connectivity index (χ2v) is 7.81. The lowest BCUT2D eigenvalue weighted by Crippen LogP contribution is -2.12. The van der Waals surface area contributed by atoms with Crippen LogP contribution in [-0.4, -0.2) is 15.3 Å². The minimum absolute atomic E-state index is 0.0604. The van der Waals surface area contributed by atoms with Crippen LogP contribution in [0.3, 0.4) is 0 Å². The highest BCUT2D eigenvalue weighted by molar-refractivity contribution is 5.85. The zero-order valence-corrected chi connectivity index (χ0v) is 18.2. The molecule has 0 aliphatic carbocycles. The molecule has 0 aromatic heterocycles. The lowest BCUT2D eigenvalue weighted by Gasteiger charge is -2.28. The molecule has 0 bridgehead atoms. The molecule has 0 saturated carbocycles. The van der Waals surface area contributed by atoms with E-state index in [1.807, 2.05) is 50.2 Å². The van der Waals surface area contributed by atoms with Crippen molar-refractivity contribution in [3.8, 4) is 28.7 Å². The van der Waals surface area contributed by atoms with Crippen molar-refractivity contribution in [2.75, 3.05) is 4.90 Å². The van der Waals surface area contributed by atoms with E-state index in [0.717, 1.165) is 11.1 Å². The van der Waals surface area contributed by atoms with Crippen molar-refractivity contribution in [2.24, 2.45) is 0 Å². The number of para-hydroxylation sites is 3. The highest BCUT2D eigenvalue weighted by atomic mass is 16.5. The zero-order valence-electron chi connectivity index (χ0n) is 18.2. The third-order valence-electron chi connectivity index (χ3n) is 5.27. The standard InChI is InChI=1S/C27H25NO4/c1-17-11-13-20(23(29)15-17)28(21-14-12-18(2)16-24(21)30)22-8-4-5-9-25(22)32-26-10-6-7-19(3)27(26)31/h4-16,29-31H,1-3H3. The van der Waals surface area contributed by atoms with Crippen LogP contribution in [0, 0.1) is 20.8 Å². The quantitative estimate of drug-likeness (QED) is 0.320. The molecule has 4 rings (SSSR count). The molecule has 0 atom stereocenters. The predicted octanol–water partition coefficient (Wildman–Crippen LogP) is 6.99. The second-order valence-electron chi connectivity index (χ2n) is 7.81. The number of ether oxygens (including phenoxy) is 1. The first-order valence-corrected chi connectivity index (χ1v) is 10.3. The smallest absolute Gasteiger partial charge is 0.169 e. The minimum atomic E-state index is 0.0604. The molecular weight excluding hydrogens is 402 g/mol. The summed E-state index contributed by atoms with van der Waals surface area (Å²) in [6.45, 7) is 5.60. The molecule has 0 amide bonds. The monoisotopic (exact) mass is 427 g/mol. The molecule has 32 heavy (non-hydrogen) atoms. The van der Waals surface area contributed by atoms with Gasteiger partial charge in [-0.2, -0.15) is 0 Å². The fraction of sp³-hybridized carbons (Fsp3) is 0.111. The topological polar surface area (TPSA) is 73.2 Å². The van der Waals surface area contributed by atoms with Crippen LogP contribution in [0.4, 0.5) is 17.1 Å². The fourth-order valence-electron chi connectivity index (χ4n) is 3.60. The Morgan fingerprint density at radius 1 is 0.594 bits per heavy atom. The van der Waals surface area contributed by atoms with Crippen molar-refractivity contribution < 1.29 is 20.1 Å². The van der Waals surface area contributed by atoms with Gasteiger partial charge in [0.15, 0.2) is 17.2 Å². The van der Waals surface area contributed by atoms with Crippen LogP contribution in [0.1, 0.15) is 16.7 Å². The maximum atomic E-state index is 10.8. The summed E-state index contributed by atoms with van der Waals surface area (Å²) in [7, 11) is 0. The third-order valence-corrected chi connectivity index (χ3v) is 5.27. The van der Waals surface area contributed by atoms with Gasteiger partial charge >= 0.3 is 0 Å². The van der Waals surface area contributed by atoms with Crippen LogP contribution < -0.4 is 9.64 Å². The van der Waals surface area contributed by atoms with E-state index in [9.17, 15) is 15.3 Å². The first-order chi connectivity index (χ1) is 15.3. The molecule has 0 heterocycles. The maximum absolute atomic E-state index is 10.8. The Kier molecular flexibility index (Phi) is 5.65. The van der Waals surface area contributed by atoms with Crippen molar-refractivity contribution >= 4 is 17.1 Å². The number of aromatic hydroxyl groups is 3. The average Bonchev–Trinajstić information content (AvgIpc) is 2.75. The Balaban J connectivity index is 1.92. The number of nitrogens with zero attached hydrogens (tertiary/aromatic N) is 1. The lowest BCUT2D eigenvalue weighted by atomic mass is 10.1. The summed E-state index contributed by atoms with van der Waals surface area (Å²) >= 11 is 0. The van der Waals surface area contributed by atoms with E-state index in [-0.39, 0.29) is 17.2 Å². The first kappa shape index (κ1) is 21.1. The van der Waals surface area contributed by atoms with Gasteiger partial charge in [-0.1, -0.05) is 36.4 Å². The van der Waals surface area contributed by atoms with Gasteiger partial charge in [-0.25, -0.2) is 0 Å². The summed E-state index contributed by atoms with van der Waals surface area (Å²) in [5.74, 6) is 0.966. The Bertz CT molecular complexity index is 1230. The van der Waals surface area contributed by atoms with E-state index in [0.29, 0.717) is 34.1 Å². The van der Waals surface area contributed by atoms with E-state index in [4.69, 9.17) is 4.74 Å². The number of rotatable bonds is 5. The van der Waals surface area contributed by atoms with Gasteiger partial charge in [0.1, 0.15) is 11.5 Å². The average molecular weight is 428 g/mol. The van der Waals surface area contributed by atoms with Gasteiger partial charge in [0.05, 0.1) is 17.1 Å². The number of benzene rings is 4. The predicted molar refractivity (Wildman–Crippen MR) is 127 cm³/mol. The second kappa shape index (κ2) is 8.55. The number of hydrogen-bond donors (Lipinski definition) is 3. The summed E-state index contributed by atoms with van der Waals surface area (Å²) in [5.41, 5.74) is 4.08. The number of hydrogen-bond acceptors (Lipinski definition) is 5. The summed E-state index contributed by atoms with van der Waals surface area (Å²) < 4.78 is 6.12. The minimum Gasteiger partial charge on any atom is -0.506 e. The Hall–Kier alpha value is -4.12. The van der Waals surface area contributed by atoms with Crippen molar-refractivity contribution in [1.29, 1.82) is 0 Å². The van der Waals surface area contributed by atoms with Gasteiger partial charge in [0.25, 0.3) is 0 Å². The molecule has 162 valence electrons. The lowest BCUT2D eigenvalue weighted by molar-refractivity contribution is 0.409. The molecule has 0 fully saturated rings. The van der Waals surface area contributed by atoms with Crippen LogP contribution in [0.15, 0.2) is 78.9 Å². The van der Waals surface area contributed by atoms with Crippen LogP contribution in [0.25, 0.3) is 0 Å². The molecule has 0 spiro atoms. The van der Waals surface area contributed by atoms with Gasteiger partial charge in [0.2, 0.25) is 0 Å². The largest absolute Gasteiger partial charge is 0.506 e. The van der Waals surface area contributed by atoms with Gasteiger partial charge in [-0.05, 0) is 79.9 Å². The molecule has 5 heteroatoms. The highest BCUT2D eigenvalue weighted by Gasteiger charge is 2.23. The van der Waals surface area contributed by atoms with Crippen LogP contribution in [-0.2, 0) is 0 Å². The number of phenols is 3. The normalized spacial score (nSPS) is 10.7. The highest BCUT2D eigenvalue weighted by Crippen LogP contribution is 2.48. The maximum Gasteiger partial charge on any atom is 0.169 e. The summed E-state index contributed by atoms with van der Waals surface area (Å²) in [6.07, 6.45) is 0. The van der Waals surface area contributed by atoms with Crippen molar-refractivity contribution in [2.45, 2.75) is 20.8 Å². The number of phenolic OH excluding ortho intramolecular Hbond substituents is 3. The molecule has 3 N–H and O–H groups in total. The van der Waals surface area contributed by atoms with Crippen LogP contribution in [0.2, 0.25) is 0 Å². The SMILES string of the molecule is Cc1ccc(N(c2ccc(C)cc2O)c2ccccc2Oc2cccc(C)c2O)c(O)c1. The van der Waals surface area contributed by atoms with Crippen molar-refractivity contribution in [3.05, 3.63) is 95.6 Å².